The molecule has 0 spiro atoms. The summed E-state index contributed by atoms with van der Waals surface area (Å²) in [5.41, 5.74) is 5.65. The third-order valence-corrected chi connectivity index (χ3v) is 5.66. The van der Waals surface area contributed by atoms with E-state index in [4.69, 9.17) is 0 Å². The molecule has 5 rings (SSSR count). The lowest BCUT2D eigenvalue weighted by molar-refractivity contribution is 0.102. The SMILES string of the molecule is Cc1cc(C)n(Cc2ccc(C(=O)Nc3cccc(Cn4nc5ccccn5c4=O)c3)cc2)n1. The largest absolute Gasteiger partial charge is 0.350 e. The number of aryl methyl sites for hydroxylation is 2. The predicted molar refractivity (Wildman–Crippen MR) is 130 cm³/mol. The van der Waals surface area contributed by atoms with Crippen molar-refractivity contribution in [3.05, 3.63) is 118 Å². The van der Waals surface area contributed by atoms with Crippen LogP contribution >= 0.6 is 0 Å². The first-order valence-corrected chi connectivity index (χ1v) is 11.0. The molecule has 2 aromatic carbocycles. The van der Waals surface area contributed by atoms with Crippen molar-refractivity contribution in [1.82, 2.24) is 24.0 Å². The summed E-state index contributed by atoms with van der Waals surface area (Å²) in [6.45, 7) is 4.97. The molecule has 0 saturated heterocycles. The van der Waals surface area contributed by atoms with Gasteiger partial charge in [0, 0.05) is 23.1 Å². The Morgan fingerprint density at radius 1 is 0.853 bits per heavy atom. The predicted octanol–water partition coefficient (Wildman–Crippen LogP) is 3.66. The minimum absolute atomic E-state index is 0.195. The maximum Gasteiger partial charge on any atom is 0.350 e. The van der Waals surface area contributed by atoms with E-state index in [1.54, 1.807) is 18.3 Å². The van der Waals surface area contributed by atoms with Crippen molar-refractivity contribution < 1.29 is 4.79 Å². The van der Waals surface area contributed by atoms with Gasteiger partial charge in [0.25, 0.3) is 5.91 Å². The maximum absolute atomic E-state index is 12.8. The van der Waals surface area contributed by atoms with E-state index in [1.807, 2.05) is 79.2 Å². The molecule has 34 heavy (non-hydrogen) atoms. The van der Waals surface area contributed by atoms with Gasteiger partial charge in [-0.1, -0.05) is 30.3 Å². The molecule has 0 radical (unpaired) electrons. The molecule has 0 aliphatic heterocycles. The number of hydrogen-bond acceptors (Lipinski definition) is 4. The van der Waals surface area contributed by atoms with Crippen LogP contribution in [-0.4, -0.2) is 29.9 Å². The van der Waals surface area contributed by atoms with Crippen LogP contribution in [0, 0.1) is 13.8 Å². The molecule has 0 unspecified atom stereocenters. The molecule has 0 atom stereocenters. The molecule has 5 aromatic rings. The molecule has 170 valence electrons. The highest BCUT2D eigenvalue weighted by Crippen LogP contribution is 2.15. The summed E-state index contributed by atoms with van der Waals surface area (Å²) in [6, 6.07) is 22.4. The van der Waals surface area contributed by atoms with Crippen LogP contribution in [0.3, 0.4) is 0 Å². The molecule has 8 heteroatoms. The van der Waals surface area contributed by atoms with Crippen LogP contribution in [0.15, 0.2) is 83.8 Å². The van der Waals surface area contributed by atoms with Gasteiger partial charge in [0.1, 0.15) is 0 Å². The van der Waals surface area contributed by atoms with E-state index in [0.29, 0.717) is 30.0 Å². The van der Waals surface area contributed by atoms with E-state index in [-0.39, 0.29) is 11.6 Å². The van der Waals surface area contributed by atoms with E-state index in [0.717, 1.165) is 22.5 Å². The fourth-order valence-corrected chi connectivity index (χ4v) is 3.96. The Morgan fingerprint density at radius 2 is 1.65 bits per heavy atom. The number of pyridine rings is 1. The quantitative estimate of drug-likeness (QED) is 0.426. The number of fused-ring (bicyclic) bond motifs is 1. The van der Waals surface area contributed by atoms with E-state index in [9.17, 15) is 9.59 Å². The topological polar surface area (TPSA) is 86.2 Å². The van der Waals surface area contributed by atoms with Gasteiger partial charge in [-0.15, -0.1) is 5.10 Å². The average molecular weight is 453 g/mol. The molecule has 0 aliphatic carbocycles. The summed E-state index contributed by atoms with van der Waals surface area (Å²) in [5.74, 6) is -0.195. The molecule has 0 bridgehead atoms. The standard InChI is InChI=1S/C26H24N6O2/c1-18-14-19(2)31(28-18)16-20-9-11-22(12-10-20)25(33)27-23-7-5-6-21(15-23)17-32-26(34)30-13-4-3-8-24(30)29-32/h3-15H,16-17H2,1-2H3,(H,27,33). The van der Waals surface area contributed by atoms with Gasteiger partial charge in [0.15, 0.2) is 5.65 Å². The van der Waals surface area contributed by atoms with Crippen molar-refractivity contribution in [2.24, 2.45) is 0 Å². The Labute approximate surface area is 196 Å². The van der Waals surface area contributed by atoms with E-state index >= 15 is 0 Å². The Balaban J connectivity index is 1.27. The normalized spacial score (nSPS) is 11.1. The van der Waals surface area contributed by atoms with Crippen LogP contribution < -0.4 is 11.0 Å². The van der Waals surface area contributed by atoms with Gasteiger partial charge in [0.2, 0.25) is 0 Å². The fourth-order valence-electron chi connectivity index (χ4n) is 3.96. The lowest BCUT2D eigenvalue weighted by atomic mass is 10.1. The third-order valence-electron chi connectivity index (χ3n) is 5.66. The Bertz CT molecular complexity index is 1540. The molecule has 3 heterocycles. The zero-order valence-electron chi connectivity index (χ0n) is 19.0. The molecular formula is C26H24N6O2. The van der Waals surface area contributed by atoms with E-state index in [2.05, 4.69) is 15.5 Å². The average Bonchev–Trinajstić information content (AvgIpc) is 3.32. The molecule has 8 nitrogen and oxygen atoms in total. The summed E-state index contributed by atoms with van der Waals surface area (Å²) in [7, 11) is 0. The van der Waals surface area contributed by atoms with Crippen molar-refractivity contribution in [3.8, 4) is 0 Å². The van der Waals surface area contributed by atoms with Gasteiger partial charge < -0.3 is 5.32 Å². The number of amides is 1. The number of rotatable bonds is 6. The van der Waals surface area contributed by atoms with Crippen LogP contribution in [-0.2, 0) is 13.1 Å². The van der Waals surface area contributed by atoms with Crippen LogP contribution in [0.1, 0.15) is 32.9 Å². The van der Waals surface area contributed by atoms with Crippen LogP contribution in [0.4, 0.5) is 5.69 Å². The number of aromatic nitrogens is 5. The zero-order chi connectivity index (χ0) is 23.7. The first-order chi connectivity index (χ1) is 16.5. The highest BCUT2D eigenvalue weighted by atomic mass is 16.2. The first kappa shape index (κ1) is 21.4. The molecule has 0 aliphatic rings. The van der Waals surface area contributed by atoms with E-state index < -0.39 is 0 Å². The van der Waals surface area contributed by atoms with Crippen molar-refractivity contribution in [2.75, 3.05) is 5.32 Å². The van der Waals surface area contributed by atoms with Crippen molar-refractivity contribution in [1.29, 1.82) is 0 Å². The van der Waals surface area contributed by atoms with Crippen molar-refractivity contribution >= 4 is 17.2 Å². The van der Waals surface area contributed by atoms with Gasteiger partial charge >= 0.3 is 5.69 Å². The van der Waals surface area contributed by atoms with Gasteiger partial charge in [-0.05, 0) is 67.4 Å². The molecule has 0 saturated carbocycles. The molecule has 1 N–H and O–H groups in total. The number of nitrogens with one attached hydrogen (secondary N) is 1. The van der Waals surface area contributed by atoms with Crippen LogP contribution in [0.2, 0.25) is 0 Å². The van der Waals surface area contributed by atoms with Crippen LogP contribution in [0.5, 0.6) is 0 Å². The monoisotopic (exact) mass is 452 g/mol. The van der Waals surface area contributed by atoms with Crippen molar-refractivity contribution in [2.45, 2.75) is 26.9 Å². The van der Waals surface area contributed by atoms with Crippen molar-refractivity contribution in [3.63, 3.8) is 0 Å². The smallest absolute Gasteiger partial charge is 0.322 e. The Hall–Kier alpha value is -4.46. The van der Waals surface area contributed by atoms with Gasteiger partial charge in [-0.2, -0.15) is 5.10 Å². The molecule has 1 amide bonds. The minimum atomic E-state index is -0.203. The highest BCUT2D eigenvalue weighted by Gasteiger charge is 2.10. The summed E-state index contributed by atoms with van der Waals surface area (Å²) < 4.78 is 4.87. The van der Waals surface area contributed by atoms with Gasteiger partial charge in [0.05, 0.1) is 18.8 Å². The van der Waals surface area contributed by atoms with E-state index in [1.165, 1.54) is 9.08 Å². The lowest BCUT2D eigenvalue weighted by Gasteiger charge is -2.09. The number of carbonyl (C=O) groups is 1. The second-order valence-corrected chi connectivity index (χ2v) is 8.31. The molecular weight excluding hydrogens is 428 g/mol. The molecule has 0 fully saturated rings. The van der Waals surface area contributed by atoms with Crippen LogP contribution in [0.25, 0.3) is 5.65 Å². The fraction of sp³-hybridized carbons (Fsp3) is 0.154. The summed E-state index contributed by atoms with van der Waals surface area (Å²) >= 11 is 0. The summed E-state index contributed by atoms with van der Waals surface area (Å²) in [4.78, 5) is 25.3. The number of carbonyl (C=O) groups excluding carboxylic acids is 1. The summed E-state index contributed by atoms with van der Waals surface area (Å²) in [6.07, 6.45) is 1.69. The van der Waals surface area contributed by atoms with Gasteiger partial charge in [-0.3, -0.25) is 13.9 Å². The first-order valence-electron chi connectivity index (χ1n) is 11.0. The minimum Gasteiger partial charge on any atom is -0.322 e. The molecule has 3 aromatic heterocycles. The van der Waals surface area contributed by atoms with Gasteiger partial charge in [-0.25, -0.2) is 9.48 Å². The Kier molecular flexibility index (Phi) is 5.55. The number of benzene rings is 2. The lowest BCUT2D eigenvalue weighted by Crippen LogP contribution is -2.21. The Morgan fingerprint density at radius 3 is 2.38 bits per heavy atom. The number of nitrogens with zero attached hydrogens (tertiary/aromatic N) is 5. The second-order valence-electron chi connectivity index (χ2n) is 8.31. The second kappa shape index (κ2) is 8.82. The zero-order valence-corrected chi connectivity index (χ0v) is 19.0. The third kappa shape index (κ3) is 4.38. The number of hydrogen-bond donors (Lipinski definition) is 1. The number of anilines is 1. The summed E-state index contributed by atoms with van der Waals surface area (Å²) in [5, 5.41) is 11.8. The maximum atomic E-state index is 12.8. The highest BCUT2D eigenvalue weighted by molar-refractivity contribution is 6.04.